The predicted molar refractivity (Wildman–Crippen MR) is 71.5 cm³/mol. The van der Waals surface area contributed by atoms with Gasteiger partial charge < -0.3 is 14.4 Å². The highest BCUT2D eigenvalue weighted by Crippen LogP contribution is 2.24. The van der Waals surface area contributed by atoms with Crippen molar-refractivity contribution in [3.8, 4) is 11.5 Å². The third-order valence-electron chi connectivity index (χ3n) is 2.72. The van der Waals surface area contributed by atoms with Crippen molar-refractivity contribution in [2.75, 3.05) is 40.2 Å². The van der Waals surface area contributed by atoms with Crippen LogP contribution in [-0.4, -0.2) is 45.1 Å². The summed E-state index contributed by atoms with van der Waals surface area (Å²) in [4.78, 5) is 2.21. The second-order valence-electron chi connectivity index (χ2n) is 3.92. The molecule has 0 saturated heterocycles. The summed E-state index contributed by atoms with van der Waals surface area (Å²) in [5.74, 6) is 2.36. The van der Waals surface area contributed by atoms with Gasteiger partial charge in [0.25, 0.3) is 0 Å². The highest BCUT2D eigenvalue weighted by Gasteiger charge is 2.06. The van der Waals surface area contributed by atoms with E-state index in [4.69, 9.17) is 21.1 Å². The molecule has 4 heteroatoms. The fourth-order valence-corrected chi connectivity index (χ4v) is 1.91. The van der Waals surface area contributed by atoms with E-state index in [0.717, 1.165) is 31.0 Å². The molecule has 0 aromatic heterocycles. The van der Waals surface area contributed by atoms with Crippen LogP contribution in [0, 0.1) is 0 Å². The molecular weight excluding hydrogens is 238 g/mol. The van der Waals surface area contributed by atoms with Crippen molar-refractivity contribution < 1.29 is 9.47 Å². The summed E-state index contributed by atoms with van der Waals surface area (Å²) in [7, 11) is 5.40. The van der Waals surface area contributed by atoms with Crippen LogP contribution in [0.3, 0.4) is 0 Å². The molecule has 0 saturated carbocycles. The Morgan fingerprint density at radius 2 is 1.94 bits per heavy atom. The second-order valence-corrected chi connectivity index (χ2v) is 4.30. The molecule has 0 spiro atoms. The number of hydrogen-bond acceptors (Lipinski definition) is 3. The SMILES string of the molecule is COc1ccc(CCN(C)CCCl)c(OC)c1. The first kappa shape index (κ1) is 14.1. The van der Waals surface area contributed by atoms with E-state index in [1.807, 2.05) is 18.2 Å². The molecule has 0 N–H and O–H groups in total. The molecule has 0 amide bonds. The quantitative estimate of drug-likeness (QED) is 0.701. The molecular formula is C13H20ClNO2. The first-order valence-electron chi connectivity index (χ1n) is 5.66. The van der Waals surface area contributed by atoms with Gasteiger partial charge in [-0.2, -0.15) is 0 Å². The van der Waals surface area contributed by atoms with E-state index in [-0.39, 0.29) is 0 Å². The molecule has 0 aliphatic heterocycles. The second kappa shape index (κ2) is 7.41. The number of likely N-dealkylation sites (N-methyl/N-ethyl adjacent to an activating group) is 1. The zero-order chi connectivity index (χ0) is 12.7. The van der Waals surface area contributed by atoms with Crippen molar-refractivity contribution in [3.05, 3.63) is 23.8 Å². The molecule has 0 bridgehead atoms. The molecule has 0 fully saturated rings. The molecule has 0 atom stereocenters. The fourth-order valence-electron chi connectivity index (χ4n) is 1.63. The Morgan fingerprint density at radius 1 is 1.18 bits per heavy atom. The van der Waals surface area contributed by atoms with Crippen LogP contribution in [0.25, 0.3) is 0 Å². The van der Waals surface area contributed by atoms with Gasteiger partial charge in [-0.25, -0.2) is 0 Å². The van der Waals surface area contributed by atoms with E-state index in [9.17, 15) is 0 Å². The number of alkyl halides is 1. The van der Waals surface area contributed by atoms with Gasteiger partial charge in [-0.05, 0) is 25.1 Å². The lowest BCUT2D eigenvalue weighted by molar-refractivity contribution is 0.353. The minimum absolute atomic E-state index is 0.663. The maximum Gasteiger partial charge on any atom is 0.125 e. The molecule has 96 valence electrons. The standard InChI is InChI=1S/C13H20ClNO2/c1-15(9-7-14)8-6-11-4-5-12(16-2)10-13(11)17-3/h4-5,10H,6-9H2,1-3H3. The minimum Gasteiger partial charge on any atom is -0.497 e. The Hall–Kier alpha value is -0.930. The van der Waals surface area contributed by atoms with Crippen LogP contribution in [0.15, 0.2) is 18.2 Å². The highest BCUT2D eigenvalue weighted by molar-refractivity contribution is 6.18. The number of methoxy groups -OCH3 is 2. The number of benzene rings is 1. The summed E-state index contributed by atoms with van der Waals surface area (Å²) >= 11 is 5.69. The third kappa shape index (κ3) is 4.44. The van der Waals surface area contributed by atoms with E-state index < -0.39 is 0 Å². The van der Waals surface area contributed by atoms with Crippen LogP contribution in [0.5, 0.6) is 11.5 Å². The summed E-state index contributed by atoms with van der Waals surface area (Å²) in [6, 6.07) is 5.92. The zero-order valence-electron chi connectivity index (χ0n) is 10.7. The highest BCUT2D eigenvalue weighted by atomic mass is 35.5. The lowest BCUT2D eigenvalue weighted by Gasteiger charge is -2.16. The van der Waals surface area contributed by atoms with E-state index in [1.54, 1.807) is 14.2 Å². The average molecular weight is 258 g/mol. The molecule has 17 heavy (non-hydrogen) atoms. The van der Waals surface area contributed by atoms with Crippen molar-refractivity contribution in [1.29, 1.82) is 0 Å². The Balaban J connectivity index is 2.63. The fraction of sp³-hybridized carbons (Fsp3) is 0.538. The average Bonchev–Trinajstić information content (AvgIpc) is 2.36. The third-order valence-corrected chi connectivity index (χ3v) is 2.89. The Bertz CT molecular complexity index is 344. The van der Waals surface area contributed by atoms with Gasteiger partial charge in [0.05, 0.1) is 14.2 Å². The van der Waals surface area contributed by atoms with Gasteiger partial charge >= 0.3 is 0 Å². The van der Waals surface area contributed by atoms with Gasteiger partial charge in [-0.3, -0.25) is 0 Å². The largest absolute Gasteiger partial charge is 0.497 e. The first-order valence-corrected chi connectivity index (χ1v) is 6.20. The van der Waals surface area contributed by atoms with Crippen molar-refractivity contribution >= 4 is 11.6 Å². The molecule has 1 aromatic rings. The summed E-state index contributed by atoms with van der Waals surface area (Å²) < 4.78 is 10.5. The van der Waals surface area contributed by atoms with Crippen LogP contribution in [0.4, 0.5) is 0 Å². The van der Waals surface area contributed by atoms with Gasteiger partial charge in [-0.1, -0.05) is 6.07 Å². The topological polar surface area (TPSA) is 21.7 Å². The molecule has 1 aromatic carbocycles. The summed E-state index contributed by atoms with van der Waals surface area (Å²) in [5, 5.41) is 0. The molecule has 0 radical (unpaired) electrons. The number of rotatable bonds is 7. The van der Waals surface area contributed by atoms with E-state index in [2.05, 4.69) is 11.9 Å². The number of halogens is 1. The van der Waals surface area contributed by atoms with Crippen molar-refractivity contribution in [1.82, 2.24) is 4.90 Å². The van der Waals surface area contributed by atoms with Crippen molar-refractivity contribution in [2.45, 2.75) is 6.42 Å². The smallest absolute Gasteiger partial charge is 0.125 e. The number of nitrogens with zero attached hydrogens (tertiary/aromatic N) is 1. The van der Waals surface area contributed by atoms with E-state index in [1.165, 1.54) is 5.56 Å². The predicted octanol–water partition coefficient (Wildman–Crippen LogP) is 2.42. The summed E-state index contributed by atoms with van der Waals surface area (Å²) in [6.45, 7) is 1.87. The van der Waals surface area contributed by atoms with E-state index in [0.29, 0.717) is 5.88 Å². The van der Waals surface area contributed by atoms with Gasteiger partial charge in [0.15, 0.2) is 0 Å². The van der Waals surface area contributed by atoms with Gasteiger partial charge in [0, 0.05) is 25.0 Å². The van der Waals surface area contributed by atoms with Crippen LogP contribution in [0.1, 0.15) is 5.56 Å². The lowest BCUT2D eigenvalue weighted by atomic mass is 10.1. The van der Waals surface area contributed by atoms with Gasteiger partial charge in [0.2, 0.25) is 0 Å². The van der Waals surface area contributed by atoms with Gasteiger partial charge in [-0.15, -0.1) is 11.6 Å². The Labute approximate surface area is 108 Å². The molecule has 1 rings (SSSR count). The van der Waals surface area contributed by atoms with Crippen LogP contribution < -0.4 is 9.47 Å². The molecule has 0 aliphatic rings. The van der Waals surface area contributed by atoms with Crippen LogP contribution in [-0.2, 0) is 6.42 Å². The Morgan fingerprint density at radius 3 is 2.53 bits per heavy atom. The van der Waals surface area contributed by atoms with Crippen molar-refractivity contribution in [3.63, 3.8) is 0 Å². The summed E-state index contributed by atoms with van der Waals surface area (Å²) in [5.41, 5.74) is 1.19. The molecule has 0 heterocycles. The monoisotopic (exact) mass is 257 g/mol. The molecule has 3 nitrogen and oxygen atoms in total. The zero-order valence-corrected chi connectivity index (χ0v) is 11.5. The normalized spacial score (nSPS) is 10.6. The summed E-state index contributed by atoms with van der Waals surface area (Å²) in [6.07, 6.45) is 0.945. The lowest BCUT2D eigenvalue weighted by Crippen LogP contribution is -2.23. The minimum atomic E-state index is 0.663. The molecule has 0 aliphatic carbocycles. The van der Waals surface area contributed by atoms with Crippen LogP contribution in [0.2, 0.25) is 0 Å². The van der Waals surface area contributed by atoms with Crippen LogP contribution >= 0.6 is 11.6 Å². The van der Waals surface area contributed by atoms with E-state index >= 15 is 0 Å². The number of hydrogen-bond donors (Lipinski definition) is 0. The molecule has 0 unspecified atom stereocenters. The number of ether oxygens (including phenoxy) is 2. The van der Waals surface area contributed by atoms with Gasteiger partial charge in [0.1, 0.15) is 11.5 Å². The van der Waals surface area contributed by atoms with Crippen molar-refractivity contribution in [2.24, 2.45) is 0 Å². The maximum atomic E-state index is 5.69. The maximum absolute atomic E-state index is 5.69. The Kier molecular flexibility index (Phi) is 6.16. The first-order chi connectivity index (χ1) is 8.21.